The molecule has 2 aliphatic rings. The predicted octanol–water partition coefficient (Wildman–Crippen LogP) is 2.51. The topological polar surface area (TPSA) is 24.5 Å². The zero-order valence-electron chi connectivity index (χ0n) is 13.2. The van der Waals surface area contributed by atoms with E-state index < -0.39 is 0 Å². The number of ether oxygens (including phenoxy) is 1. The third-order valence-corrected chi connectivity index (χ3v) is 5.14. The van der Waals surface area contributed by atoms with Crippen molar-refractivity contribution in [3.05, 3.63) is 0 Å². The Hall–Kier alpha value is -0.120. The lowest BCUT2D eigenvalue weighted by atomic mass is 9.84. The molecule has 0 spiro atoms. The lowest BCUT2D eigenvalue weighted by Gasteiger charge is -2.33. The summed E-state index contributed by atoms with van der Waals surface area (Å²) in [6, 6.07) is 0.689. The van der Waals surface area contributed by atoms with E-state index >= 15 is 0 Å². The molecular weight excluding hydrogens is 236 g/mol. The summed E-state index contributed by atoms with van der Waals surface area (Å²) in [7, 11) is 1.85. The molecule has 3 heteroatoms. The summed E-state index contributed by atoms with van der Waals surface area (Å²) in [5.41, 5.74) is 0.459. The van der Waals surface area contributed by atoms with Gasteiger partial charge in [0.15, 0.2) is 0 Å². The molecule has 1 saturated carbocycles. The highest BCUT2D eigenvalue weighted by atomic mass is 16.5. The van der Waals surface area contributed by atoms with Gasteiger partial charge in [-0.15, -0.1) is 0 Å². The van der Waals surface area contributed by atoms with Crippen LogP contribution >= 0.6 is 0 Å². The molecule has 3 atom stereocenters. The van der Waals surface area contributed by atoms with E-state index in [1.807, 2.05) is 7.11 Å². The van der Waals surface area contributed by atoms with Gasteiger partial charge in [0, 0.05) is 32.8 Å². The molecule has 0 bridgehead atoms. The van der Waals surface area contributed by atoms with E-state index in [0.29, 0.717) is 17.6 Å². The van der Waals surface area contributed by atoms with E-state index in [0.717, 1.165) is 19.0 Å². The maximum Gasteiger partial charge on any atom is 0.0710 e. The quantitative estimate of drug-likeness (QED) is 0.801. The SMILES string of the molecule is CCCNC1C(CN2CCC(OC)C2)CCC1(C)C. The molecule has 0 aromatic carbocycles. The first kappa shape index (κ1) is 15.3. The van der Waals surface area contributed by atoms with Crippen LogP contribution in [0.5, 0.6) is 0 Å². The predicted molar refractivity (Wildman–Crippen MR) is 80.4 cm³/mol. The Bertz CT molecular complexity index is 280. The summed E-state index contributed by atoms with van der Waals surface area (Å²) in [5, 5.41) is 3.81. The number of nitrogens with one attached hydrogen (secondary N) is 1. The van der Waals surface area contributed by atoms with Crippen molar-refractivity contribution in [1.29, 1.82) is 0 Å². The molecule has 0 aromatic rings. The van der Waals surface area contributed by atoms with E-state index in [1.165, 1.54) is 38.8 Å². The van der Waals surface area contributed by atoms with Crippen molar-refractivity contribution in [3.63, 3.8) is 0 Å². The second kappa shape index (κ2) is 6.55. The number of nitrogens with zero attached hydrogens (tertiary/aromatic N) is 1. The lowest BCUT2D eigenvalue weighted by Crippen LogP contribution is -2.45. The van der Waals surface area contributed by atoms with Crippen molar-refractivity contribution < 1.29 is 4.74 Å². The van der Waals surface area contributed by atoms with Gasteiger partial charge in [-0.2, -0.15) is 0 Å². The molecular formula is C16H32N2O. The average Bonchev–Trinajstić information content (AvgIpc) is 2.93. The van der Waals surface area contributed by atoms with Crippen LogP contribution in [0.1, 0.15) is 46.5 Å². The smallest absolute Gasteiger partial charge is 0.0710 e. The highest BCUT2D eigenvalue weighted by molar-refractivity contribution is 4.97. The minimum Gasteiger partial charge on any atom is -0.380 e. The summed E-state index contributed by atoms with van der Waals surface area (Å²) in [6.45, 7) is 11.9. The van der Waals surface area contributed by atoms with Gasteiger partial charge < -0.3 is 15.0 Å². The van der Waals surface area contributed by atoms with Crippen molar-refractivity contribution in [2.24, 2.45) is 11.3 Å². The molecule has 0 amide bonds. The molecule has 19 heavy (non-hydrogen) atoms. The van der Waals surface area contributed by atoms with E-state index in [9.17, 15) is 0 Å². The van der Waals surface area contributed by atoms with Crippen LogP contribution in [0.25, 0.3) is 0 Å². The van der Waals surface area contributed by atoms with Crippen molar-refractivity contribution in [1.82, 2.24) is 10.2 Å². The van der Waals surface area contributed by atoms with Gasteiger partial charge in [-0.1, -0.05) is 20.8 Å². The van der Waals surface area contributed by atoms with Crippen LogP contribution in [-0.2, 0) is 4.74 Å². The van der Waals surface area contributed by atoms with Gasteiger partial charge in [0.1, 0.15) is 0 Å². The van der Waals surface area contributed by atoms with E-state index in [-0.39, 0.29) is 0 Å². The van der Waals surface area contributed by atoms with Crippen molar-refractivity contribution in [3.8, 4) is 0 Å². The highest BCUT2D eigenvalue weighted by Gasteiger charge is 2.42. The largest absolute Gasteiger partial charge is 0.380 e. The molecule has 1 aliphatic heterocycles. The maximum absolute atomic E-state index is 5.48. The van der Waals surface area contributed by atoms with Crippen LogP contribution in [0.3, 0.4) is 0 Å². The van der Waals surface area contributed by atoms with Gasteiger partial charge in [0.2, 0.25) is 0 Å². The first-order valence-corrected chi connectivity index (χ1v) is 8.05. The number of likely N-dealkylation sites (tertiary alicyclic amines) is 1. The van der Waals surface area contributed by atoms with Gasteiger partial charge in [-0.3, -0.25) is 0 Å². The van der Waals surface area contributed by atoms with Gasteiger partial charge in [0.05, 0.1) is 6.10 Å². The molecule has 1 aliphatic carbocycles. The Morgan fingerprint density at radius 3 is 2.74 bits per heavy atom. The third-order valence-electron chi connectivity index (χ3n) is 5.14. The average molecular weight is 268 g/mol. The van der Waals surface area contributed by atoms with Crippen LogP contribution in [0.4, 0.5) is 0 Å². The molecule has 0 radical (unpaired) electrons. The monoisotopic (exact) mass is 268 g/mol. The zero-order valence-corrected chi connectivity index (χ0v) is 13.2. The van der Waals surface area contributed by atoms with Crippen LogP contribution in [0.2, 0.25) is 0 Å². The first-order valence-electron chi connectivity index (χ1n) is 8.05. The van der Waals surface area contributed by atoms with Crippen molar-refractivity contribution in [2.75, 3.05) is 33.3 Å². The van der Waals surface area contributed by atoms with Crippen molar-refractivity contribution in [2.45, 2.75) is 58.6 Å². The van der Waals surface area contributed by atoms with Crippen LogP contribution in [0, 0.1) is 11.3 Å². The summed E-state index contributed by atoms with van der Waals surface area (Å²) in [4.78, 5) is 2.61. The second-order valence-electron chi connectivity index (χ2n) is 7.13. The Morgan fingerprint density at radius 1 is 1.32 bits per heavy atom. The molecule has 112 valence electrons. The van der Waals surface area contributed by atoms with Gasteiger partial charge in [-0.05, 0) is 43.6 Å². The van der Waals surface area contributed by atoms with Crippen LogP contribution < -0.4 is 5.32 Å². The molecule has 2 fully saturated rings. The highest BCUT2D eigenvalue weighted by Crippen LogP contribution is 2.41. The second-order valence-corrected chi connectivity index (χ2v) is 7.13. The number of methoxy groups -OCH3 is 1. The van der Waals surface area contributed by atoms with E-state index in [4.69, 9.17) is 4.74 Å². The third kappa shape index (κ3) is 3.71. The lowest BCUT2D eigenvalue weighted by molar-refractivity contribution is 0.104. The Balaban J connectivity index is 1.88. The Labute approximate surface area is 119 Å². The van der Waals surface area contributed by atoms with Gasteiger partial charge >= 0.3 is 0 Å². The number of hydrogen-bond donors (Lipinski definition) is 1. The zero-order chi connectivity index (χ0) is 13.9. The summed E-state index contributed by atoms with van der Waals surface area (Å²) in [5.74, 6) is 0.817. The van der Waals surface area contributed by atoms with Crippen LogP contribution in [0.15, 0.2) is 0 Å². The summed E-state index contributed by atoms with van der Waals surface area (Å²) >= 11 is 0. The van der Waals surface area contributed by atoms with Crippen LogP contribution in [-0.4, -0.2) is 50.3 Å². The fourth-order valence-electron chi connectivity index (χ4n) is 3.94. The molecule has 3 unspecified atom stereocenters. The Morgan fingerprint density at radius 2 is 2.11 bits per heavy atom. The van der Waals surface area contributed by atoms with E-state index in [2.05, 4.69) is 31.0 Å². The number of hydrogen-bond acceptors (Lipinski definition) is 3. The minimum absolute atomic E-state index is 0.459. The molecule has 2 rings (SSSR count). The minimum atomic E-state index is 0.459. The normalized spacial score (nSPS) is 35.1. The fourth-order valence-corrected chi connectivity index (χ4v) is 3.94. The van der Waals surface area contributed by atoms with Gasteiger partial charge in [-0.25, -0.2) is 0 Å². The standard InChI is InChI=1S/C16H32N2O/c1-5-9-17-15-13(6-8-16(15,2)3)11-18-10-7-14(12-18)19-4/h13-15,17H,5-12H2,1-4H3. The van der Waals surface area contributed by atoms with E-state index in [1.54, 1.807) is 0 Å². The fraction of sp³-hybridized carbons (Fsp3) is 1.00. The van der Waals surface area contributed by atoms with Gasteiger partial charge in [0.25, 0.3) is 0 Å². The Kier molecular flexibility index (Phi) is 5.27. The molecule has 3 nitrogen and oxygen atoms in total. The molecule has 1 N–H and O–H groups in total. The molecule has 1 saturated heterocycles. The number of rotatable bonds is 6. The molecule has 0 aromatic heterocycles. The summed E-state index contributed by atoms with van der Waals surface area (Å²) < 4.78 is 5.48. The summed E-state index contributed by atoms with van der Waals surface area (Å²) in [6.07, 6.45) is 5.65. The first-order chi connectivity index (χ1) is 9.06. The van der Waals surface area contributed by atoms with Crippen molar-refractivity contribution >= 4 is 0 Å². The molecule has 1 heterocycles. The maximum atomic E-state index is 5.48.